The van der Waals surface area contributed by atoms with Crippen LogP contribution in [0, 0.1) is 23.0 Å². The van der Waals surface area contributed by atoms with E-state index in [0.717, 1.165) is 29.7 Å². The van der Waals surface area contributed by atoms with Gasteiger partial charge in [-0.1, -0.05) is 6.07 Å². The van der Waals surface area contributed by atoms with Crippen molar-refractivity contribution < 1.29 is 13.6 Å². The van der Waals surface area contributed by atoms with Gasteiger partial charge in [0.2, 0.25) is 5.91 Å². The summed E-state index contributed by atoms with van der Waals surface area (Å²) < 4.78 is 26.9. The molecular weight excluding hydrogens is 310 g/mol. The van der Waals surface area contributed by atoms with E-state index in [1.54, 1.807) is 18.2 Å². The van der Waals surface area contributed by atoms with Crippen LogP contribution >= 0.6 is 0 Å². The zero-order valence-electron chi connectivity index (χ0n) is 12.6. The molecule has 2 aromatic carbocycles. The molecule has 1 aliphatic heterocycles. The first kappa shape index (κ1) is 14.6. The zero-order chi connectivity index (χ0) is 16.8. The number of piperidine rings is 1. The van der Waals surface area contributed by atoms with E-state index in [4.69, 9.17) is 0 Å². The van der Waals surface area contributed by atoms with E-state index >= 15 is 0 Å². The summed E-state index contributed by atoms with van der Waals surface area (Å²) in [6.07, 6.45) is 2.53. The molecule has 1 heterocycles. The highest BCUT2D eigenvalue weighted by molar-refractivity contribution is 6.03. The second-order valence-electron chi connectivity index (χ2n) is 5.96. The van der Waals surface area contributed by atoms with Crippen molar-refractivity contribution in [3.8, 4) is 17.2 Å². The number of fused-ring (bicyclic) bond motifs is 3. The molecule has 1 atom stereocenters. The van der Waals surface area contributed by atoms with E-state index in [2.05, 4.69) is 11.4 Å². The van der Waals surface area contributed by atoms with E-state index in [9.17, 15) is 18.8 Å². The summed E-state index contributed by atoms with van der Waals surface area (Å²) in [5.74, 6) is -2.04. The third-order valence-electron chi connectivity index (χ3n) is 4.59. The Morgan fingerprint density at radius 3 is 2.75 bits per heavy atom. The van der Waals surface area contributed by atoms with Crippen LogP contribution in [0.25, 0.3) is 17.2 Å². The molecular formula is C19H12F2N2O. The maximum Gasteiger partial charge on any atom is 0.247 e. The average Bonchev–Trinajstić information content (AvgIpc) is 2.96. The molecule has 1 saturated heterocycles. The van der Waals surface area contributed by atoms with E-state index in [1.165, 1.54) is 6.07 Å². The first-order valence-electron chi connectivity index (χ1n) is 7.61. The second-order valence-corrected chi connectivity index (χ2v) is 5.96. The molecule has 1 amide bonds. The number of hydrogen-bond donors (Lipinski definition) is 1. The number of halogens is 2. The van der Waals surface area contributed by atoms with Crippen molar-refractivity contribution in [3.63, 3.8) is 0 Å². The number of carbonyl (C=O) groups excluding carboxylic acids is 1. The predicted molar refractivity (Wildman–Crippen MR) is 84.9 cm³/mol. The van der Waals surface area contributed by atoms with Crippen LogP contribution in [0.15, 0.2) is 35.9 Å². The molecule has 5 heteroatoms. The minimum Gasteiger partial charge on any atom is -0.352 e. The predicted octanol–water partition coefficient (Wildman–Crippen LogP) is 3.50. The maximum absolute atomic E-state index is 13.7. The molecule has 1 fully saturated rings. The van der Waals surface area contributed by atoms with Gasteiger partial charge in [-0.2, -0.15) is 5.26 Å². The Kier molecular flexibility index (Phi) is 3.20. The van der Waals surface area contributed by atoms with Crippen molar-refractivity contribution >= 4 is 12.0 Å². The first-order valence-corrected chi connectivity index (χ1v) is 7.61. The molecule has 0 bridgehead atoms. The third kappa shape index (κ3) is 2.11. The van der Waals surface area contributed by atoms with E-state index in [0.29, 0.717) is 28.8 Å². The number of nitriles is 1. The molecule has 1 aliphatic carbocycles. The van der Waals surface area contributed by atoms with E-state index in [1.807, 2.05) is 0 Å². The van der Waals surface area contributed by atoms with Gasteiger partial charge in [0.05, 0.1) is 11.6 Å². The van der Waals surface area contributed by atoms with Crippen molar-refractivity contribution in [1.82, 2.24) is 5.32 Å². The number of carbonyl (C=O) groups is 1. The largest absolute Gasteiger partial charge is 0.352 e. The van der Waals surface area contributed by atoms with Gasteiger partial charge in [0, 0.05) is 18.0 Å². The van der Waals surface area contributed by atoms with Gasteiger partial charge in [0.25, 0.3) is 0 Å². The second kappa shape index (κ2) is 5.27. The lowest BCUT2D eigenvalue weighted by molar-refractivity contribution is -0.118. The Labute approximate surface area is 137 Å². The van der Waals surface area contributed by atoms with Crippen molar-refractivity contribution in [2.45, 2.75) is 12.3 Å². The van der Waals surface area contributed by atoms with Gasteiger partial charge in [-0.15, -0.1) is 0 Å². The zero-order valence-corrected chi connectivity index (χ0v) is 12.6. The summed E-state index contributed by atoms with van der Waals surface area (Å²) in [6, 6.07) is 9.20. The smallest absolute Gasteiger partial charge is 0.247 e. The lowest BCUT2D eigenvalue weighted by atomic mass is 9.84. The lowest BCUT2D eigenvalue weighted by Gasteiger charge is -2.24. The summed E-state index contributed by atoms with van der Waals surface area (Å²) in [5, 5.41) is 12.1. The highest BCUT2D eigenvalue weighted by Gasteiger charge is 2.35. The number of hydrogen-bond acceptors (Lipinski definition) is 2. The van der Waals surface area contributed by atoms with Crippen LogP contribution in [-0.4, -0.2) is 12.5 Å². The molecule has 0 unspecified atom stereocenters. The molecule has 2 aliphatic rings. The number of nitrogens with zero attached hydrogens (tertiary/aromatic N) is 1. The fraction of sp³-hybridized carbons (Fsp3) is 0.158. The van der Waals surface area contributed by atoms with Crippen LogP contribution in [0.3, 0.4) is 0 Å². The van der Waals surface area contributed by atoms with Gasteiger partial charge in [0.15, 0.2) is 11.6 Å². The molecule has 0 radical (unpaired) electrons. The summed E-state index contributed by atoms with van der Waals surface area (Å²) in [7, 11) is 0. The molecule has 0 aromatic heterocycles. The Balaban J connectivity index is 1.95. The minimum absolute atomic E-state index is 0.0791. The summed E-state index contributed by atoms with van der Waals surface area (Å²) in [5.41, 5.74) is 3.96. The first-order chi connectivity index (χ1) is 11.6. The standard InChI is InChI=1S/C19H12F2N2O/c20-16-2-1-11(8-17(16)21)14-6-10(9-22)5-12-7-15-13(18(12)14)3-4-23-19(15)24/h1-2,5-8,13H,3-4H2,(H,23,24)/t13-/m1/s1. The Morgan fingerprint density at radius 2 is 2.00 bits per heavy atom. The minimum atomic E-state index is -0.934. The summed E-state index contributed by atoms with van der Waals surface area (Å²) >= 11 is 0. The molecule has 2 aromatic rings. The van der Waals surface area contributed by atoms with E-state index < -0.39 is 11.6 Å². The summed E-state index contributed by atoms with van der Waals surface area (Å²) in [4.78, 5) is 12.1. The van der Waals surface area contributed by atoms with E-state index in [-0.39, 0.29) is 11.8 Å². The van der Waals surface area contributed by atoms with Crippen LogP contribution in [0.2, 0.25) is 0 Å². The highest BCUT2D eigenvalue weighted by atomic mass is 19.2. The van der Waals surface area contributed by atoms with Crippen LogP contribution in [0.1, 0.15) is 29.0 Å². The third-order valence-corrected chi connectivity index (χ3v) is 4.59. The Morgan fingerprint density at radius 1 is 1.17 bits per heavy atom. The SMILES string of the molecule is N#Cc1cc2c(c(-c3ccc(F)c(F)c3)c1)[C@@H]1CCNC(=O)C1=C2. The lowest BCUT2D eigenvalue weighted by Crippen LogP contribution is -2.33. The molecule has 0 spiro atoms. The molecule has 4 rings (SSSR count). The van der Waals surface area contributed by atoms with Crippen LogP contribution in [0.4, 0.5) is 8.78 Å². The number of amides is 1. The van der Waals surface area contributed by atoms with Crippen molar-refractivity contribution in [2.75, 3.05) is 6.54 Å². The van der Waals surface area contributed by atoms with Crippen molar-refractivity contribution in [3.05, 3.63) is 64.2 Å². The molecule has 24 heavy (non-hydrogen) atoms. The van der Waals surface area contributed by atoms with Gasteiger partial charge < -0.3 is 5.32 Å². The fourth-order valence-electron chi connectivity index (χ4n) is 3.53. The fourth-order valence-corrected chi connectivity index (χ4v) is 3.53. The Hall–Kier alpha value is -3.00. The molecule has 1 N–H and O–H groups in total. The van der Waals surface area contributed by atoms with Crippen molar-refractivity contribution in [1.29, 1.82) is 5.26 Å². The maximum atomic E-state index is 13.7. The summed E-state index contributed by atoms with van der Waals surface area (Å²) in [6.45, 7) is 0.567. The van der Waals surface area contributed by atoms with Crippen LogP contribution < -0.4 is 5.32 Å². The molecule has 3 nitrogen and oxygen atoms in total. The monoisotopic (exact) mass is 322 g/mol. The van der Waals surface area contributed by atoms with Gasteiger partial charge in [-0.05, 0) is 59.0 Å². The number of nitrogens with one attached hydrogen (secondary N) is 1. The quantitative estimate of drug-likeness (QED) is 0.873. The normalized spacial score (nSPS) is 18.3. The van der Waals surface area contributed by atoms with Gasteiger partial charge >= 0.3 is 0 Å². The van der Waals surface area contributed by atoms with Crippen molar-refractivity contribution in [2.24, 2.45) is 0 Å². The van der Waals surface area contributed by atoms with Gasteiger partial charge in [-0.3, -0.25) is 4.79 Å². The average molecular weight is 322 g/mol. The topological polar surface area (TPSA) is 52.9 Å². The number of rotatable bonds is 1. The highest BCUT2D eigenvalue weighted by Crippen LogP contribution is 2.45. The van der Waals surface area contributed by atoms with Gasteiger partial charge in [-0.25, -0.2) is 8.78 Å². The van der Waals surface area contributed by atoms with Crippen LogP contribution in [-0.2, 0) is 4.79 Å². The molecule has 0 saturated carbocycles. The Bertz CT molecular complexity index is 957. The number of benzene rings is 2. The van der Waals surface area contributed by atoms with Gasteiger partial charge in [0.1, 0.15) is 0 Å². The van der Waals surface area contributed by atoms with Crippen LogP contribution in [0.5, 0.6) is 0 Å². The molecule has 118 valence electrons.